The molecule has 2 aromatic rings. The van der Waals surface area contributed by atoms with Crippen LogP contribution in [0.1, 0.15) is 22.8 Å². The highest BCUT2D eigenvalue weighted by Crippen LogP contribution is 2.17. The molecule has 170 valence electrons. The highest BCUT2D eigenvalue weighted by atomic mass is 19.1. The van der Waals surface area contributed by atoms with Crippen molar-refractivity contribution in [1.29, 1.82) is 0 Å². The summed E-state index contributed by atoms with van der Waals surface area (Å²) in [6, 6.07) is 11.0. The minimum Gasteiger partial charge on any atom is -0.379 e. The maximum atomic E-state index is 13.6. The van der Waals surface area contributed by atoms with Crippen LogP contribution in [-0.2, 0) is 9.53 Å². The molecule has 0 spiro atoms. The molecule has 32 heavy (non-hydrogen) atoms. The van der Waals surface area contributed by atoms with E-state index in [1.807, 2.05) is 6.92 Å². The first-order chi connectivity index (χ1) is 15.4. The van der Waals surface area contributed by atoms with Crippen LogP contribution < -0.4 is 16.0 Å². The average molecular weight is 442 g/mol. The molecule has 3 N–H and O–H groups in total. The molecule has 1 aliphatic heterocycles. The third-order valence-corrected chi connectivity index (χ3v) is 4.92. The summed E-state index contributed by atoms with van der Waals surface area (Å²) in [5.41, 5.74) is 2.24. The lowest BCUT2D eigenvalue weighted by atomic mass is 10.1. The average Bonchev–Trinajstić information content (AvgIpc) is 2.75. The molecule has 9 heteroatoms. The number of aliphatic imine (C=N–C) groups is 1. The molecule has 0 unspecified atom stereocenters. The first-order valence-corrected chi connectivity index (χ1v) is 10.5. The number of anilines is 2. The van der Waals surface area contributed by atoms with Gasteiger partial charge in [-0.3, -0.25) is 24.8 Å². The van der Waals surface area contributed by atoms with E-state index in [1.165, 1.54) is 19.1 Å². The summed E-state index contributed by atoms with van der Waals surface area (Å²) in [7, 11) is 0. The number of aryl methyl sites for hydroxylation is 1. The van der Waals surface area contributed by atoms with Gasteiger partial charge in [0.1, 0.15) is 5.82 Å². The van der Waals surface area contributed by atoms with Gasteiger partial charge in [0, 0.05) is 43.5 Å². The first-order valence-electron chi connectivity index (χ1n) is 10.5. The summed E-state index contributed by atoms with van der Waals surface area (Å²) in [6.45, 7) is 7.48. The zero-order valence-corrected chi connectivity index (χ0v) is 18.3. The Bertz CT molecular complexity index is 989. The molecule has 0 saturated carbocycles. The van der Waals surface area contributed by atoms with Crippen LogP contribution in [0, 0.1) is 12.7 Å². The topological polar surface area (TPSA) is 95.1 Å². The second kappa shape index (κ2) is 11.4. The number of nitrogens with one attached hydrogen (secondary N) is 3. The van der Waals surface area contributed by atoms with Gasteiger partial charge >= 0.3 is 0 Å². The molecule has 1 fully saturated rings. The van der Waals surface area contributed by atoms with Crippen LogP contribution >= 0.6 is 0 Å². The van der Waals surface area contributed by atoms with Crippen molar-refractivity contribution in [3.8, 4) is 0 Å². The number of nitrogens with zero attached hydrogens (tertiary/aromatic N) is 2. The van der Waals surface area contributed by atoms with Crippen molar-refractivity contribution < 1.29 is 18.7 Å². The van der Waals surface area contributed by atoms with Crippen molar-refractivity contribution in [2.24, 2.45) is 4.99 Å². The Morgan fingerprint density at radius 1 is 1.12 bits per heavy atom. The maximum absolute atomic E-state index is 13.6. The van der Waals surface area contributed by atoms with Gasteiger partial charge in [-0.25, -0.2) is 4.39 Å². The van der Waals surface area contributed by atoms with Gasteiger partial charge in [0.05, 0.1) is 19.8 Å². The van der Waals surface area contributed by atoms with E-state index < -0.39 is 11.7 Å². The zero-order chi connectivity index (χ0) is 22.9. The summed E-state index contributed by atoms with van der Waals surface area (Å²) in [4.78, 5) is 31.0. The number of amides is 2. The molecular formula is C23H28FN5O3. The Kier molecular flexibility index (Phi) is 8.29. The van der Waals surface area contributed by atoms with Crippen molar-refractivity contribution in [2.45, 2.75) is 13.8 Å². The second-order valence-electron chi connectivity index (χ2n) is 7.48. The lowest BCUT2D eigenvalue weighted by Gasteiger charge is -2.25. The molecule has 0 bridgehead atoms. The standard InChI is InChI=1S/C23H28FN5O3/c1-16-6-7-18(14-21(16)26-17(2)30)22(31)28-23(27-20-5-3-4-19(24)15-20)25-8-9-29-10-12-32-13-11-29/h3-7,14-15H,8-13H2,1-2H3,(H,26,30)(H2,25,27,28,31). The highest BCUT2D eigenvalue weighted by molar-refractivity contribution is 6.10. The van der Waals surface area contributed by atoms with Crippen LogP contribution in [0.15, 0.2) is 47.5 Å². The number of ether oxygens (including phenoxy) is 1. The van der Waals surface area contributed by atoms with Crippen molar-refractivity contribution in [1.82, 2.24) is 10.2 Å². The van der Waals surface area contributed by atoms with Crippen LogP contribution in [0.5, 0.6) is 0 Å². The zero-order valence-electron chi connectivity index (χ0n) is 18.3. The Hall–Kier alpha value is -3.30. The van der Waals surface area contributed by atoms with E-state index in [4.69, 9.17) is 4.74 Å². The molecule has 1 heterocycles. The monoisotopic (exact) mass is 441 g/mol. The minimum absolute atomic E-state index is 0.218. The summed E-state index contributed by atoms with van der Waals surface area (Å²) in [5.74, 6) is -0.794. The number of morpholine rings is 1. The van der Waals surface area contributed by atoms with E-state index in [1.54, 1.807) is 30.3 Å². The van der Waals surface area contributed by atoms with Gasteiger partial charge in [0.15, 0.2) is 0 Å². The van der Waals surface area contributed by atoms with E-state index in [0.717, 1.165) is 18.7 Å². The van der Waals surface area contributed by atoms with Gasteiger partial charge in [-0.05, 0) is 42.8 Å². The smallest absolute Gasteiger partial charge is 0.258 e. The van der Waals surface area contributed by atoms with Crippen LogP contribution in [-0.4, -0.2) is 62.1 Å². The normalized spacial score (nSPS) is 14.7. The molecule has 0 radical (unpaired) electrons. The number of carbonyl (C=O) groups excluding carboxylic acids is 2. The number of halogens is 1. The fraction of sp³-hybridized carbons (Fsp3) is 0.348. The Morgan fingerprint density at radius 3 is 2.62 bits per heavy atom. The van der Waals surface area contributed by atoms with Crippen molar-refractivity contribution >= 4 is 29.1 Å². The number of carbonyl (C=O) groups is 2. The van der Waals surface area contributed by atoms with E-state index in [0.29, 0.717) is 43.2 Å². The van der Waals surface area contributed by atoms with Crippen molar-refractivity contribution in [3.63, 3.8) is 0 Å². The fourth-order valence-electron chi connectivity index (χ4n) is 3.21. The predicted molar refractivity (Wildman–Crippen MR) is 123 cm³/mol. The number of rotatable bonds is 6. The van der Waals surface area contributed by atoms with E-state index in [-0.39, 0.29) is 11.9 Å². The fourth-order valence-corrected chi connectivity index (χ4v) is 3.21. The van der Waals surface area contributed by atoms with E-state index in [2.05, 4.69) is 25.8 Å². The van der Waals surface area contributed by atoms with Gasteiger partial charge in [-0.2, -0.15) is 0 Å². The van der Waals surface area contributed by atoms with E-state index in [9.17, 15) is 14.0 Å². The maximum Gasteiger partial charge on any atom is 0.258 e. The van der Waals surface area contributed by atoms with Gasteiger partial charge in [0.25, 0.3) is 5.91 Å². The van der Waals surface area contributed by atoms with Crippen LogP contribution in [0.25, 0.3) is 0 Å². The Balaban J connectivity index is 1.73. The molecule has 1 saturated heterocycles. The van der Waals surface area contributed by atoms with Gasteiger partial charge < -0.3 is 15.4 Å². The summed E-state index contributed by atoms with van der Waals surface area (Å²) in [5, 5.41) is 8.46. The SMILES string of the molecule is CC(=O)Nc1cc(C(=O)NC(=NCCN2CCOCC2)Nc2cccc(F)c2)ccc1C. The lowest BCUT2D eigenvalue weighted by molar-refractivity contribution is -0.114. The molecule has 0 atom stereocenters. The third kappa shape index (κ3) is 7.14. The molecule has 0 aromatic heterocycles. The minimum atomic E-state index is -0.398. The molecule has 0 aliphatic carbocycles. The molecule has 2 amide bonds. The Labute approximate surface area is 186 Å². The number of hydrogen-bond acceptors (Lipinski definition) is 5. The summed E-state index contributed by atoms with van der Waals surface area (Å²) < 4.78 is 19.0. The number of benzene rings is 2. The number of hydrogen-bond donors (Lipinski definition) is 3. The quantitative estimate of drug-likeness (QED) is 0.473. The third-order valence-electron chi connectivity index (χ3n) is 4.92. The molecule has 2 aromatic carbocycles. The Morgan fingerprint density at radius 2 is 1.91 bits per heavy atom. The first kappa shape index (κ1) is 23.4. The van der Waals surface area contributed by atoms with E-state index >= 15 is 0 Å². The molecular weight excluding hydrogens is 413 g/mol. The summed E-state index contributed by atoms with van der Waals surface area (Å²) >= 11 is 0. The van der Waals surface area contributed by atoms with Gasteiger partial charge in [-0.1, -0.05) is 12.1 Å². The van der Waals surface area contributed by atoms with Crippen molar-refractivity contribution in [2.75, 3.05) is 50.0 Å². The summed E-state index contributed by atoms with van der Waals surface area (Å²) in [6.07, 6.45) is 0. The lowest BCUT2D eigenvalue weighted by Crippen LogP contribution is -2.39. The van der Waals surface area contributed by atoms with Gasteiger partial charge in [-0.15, -0.1) is 0 Å². The molecule has 8 nitrogen and oxygen atoms in total. The van der Waals surface area contributed by atoms with Crippen LogP contribution in [0.4, 0.5) is 15.8 Å². The highest BCUT2D eigenvalue weighted by Gasteiger charge is 2.13. The van der Waals surface area contributed by atoms with Crippen LogP contribution in [0.3, 0.4) is 0 Å². The number of guanidine groups is 1. The van der Waals surface area contributed by atoms with Crippen LogP contribution in [0.2, 0.25) is 0 Å². The second-order valence-corrected chi connectivity index (χ2v) is 7.48. The van der Waals surface area contributed by atoms with Gasteiger partial charge in [0.2, 0.25) is 11.9 Å². The molecule has 3 rings (SSSR count). The van der Waals surface area contributed by atoms with Crippen molar-refractivity contribution in [3.05, 3.63) is 59.4 Å². The largest absolute Gasteiger partial charge is 0.379 e. The predicted octanol–water partition coefficient (Wildman–Crippen LogP) is 2.62. The molecule has 1 aliphatic rings.